The third kappa shape index (κ3) is 21.9. The maximum absolute atomic E-state index is 12.7. The zero-order chi connectivity index (χ0) is 31.8. The van der Waals surface area contributed by atoms with Gasteiger partial charge in [0.25, 0.3) is 0 Å². The molecule has 12 heteroatoms. The van der Waals surface area contributed by atoms with Crippen molar-refractivity contribution in [2.24, 2.45) is 0 Å². The van der Waals surface area contributed by atoms with E-state index in [4.69, 9.17) is 9.47 Å². The van der Waals surface area contributed by atoms with Crippen LogP contribution in [-0.4, -0.2) is 79.8 Å². The number of rotatable bonds is 22. The highest BCUT2D eigenvalue weighted by atomic mass is 32.2. The summed E-state index contributed by atoms with van der Waals surface area (Å²) in [6.45, 7) is 6.95. The average molecular weight is 616 g/mol. The van der Waals surface area contributed by atoms with E-state index in [1.807, 2.05) is 0 Å². The lowest BCUT2D eigenvalue weighted by Gasteiger charge is -2.23. The molecule has 0 aliphatic rings. The van der Waals surface area contributed by atoms with Crippen LogP contribution in [0.5, 0.6) is 0 Å². The van der Waals surface area contributed by atoms with Crippen molar-refractivity contribution < 1.29 is 38.2 Å². The first-order valence-electron chi connectivity index (χ1n) is 14.9. The second-order valence-corrected chi connectivity index (χ2v) is 12.0. The first-order valence-corrected chi connectivity index (χ1v) is 16.0. The van der Waals surface area contributed by atoms with Crippen LogP contribution in [0.1, 0.15) is 98.3 Å². The Morgan fingerprint density at radius 3 is 2.07 bits per heavy atom. The SMILES string of the molecule is CCCCCCCCCC/C=C/CSCC(NC(=O)CCC(NC(=O)OC(C)(C)C)C(=O)OC)C(=O)NCC(=O)OC. The molecular weight excluding hydrogens is 562 g/mol. The van der Waals surface area contributed by atoms with E-state index in [0.29, 0.717) is 5.75 Å². The van der Waals surface area contributed by atoms with Gasteiger partial charge in [-0.15, -0.1) is 0 Å². The van der Waals surface area contributed by atoms with Gasteiger partial charge in [-0.25, -0.2) is 9.59 Å². The number of carbonyl (C=O) groups excluding carboxylic acids is 5. The minimum atomic E-state index is -1.11. The van der Waals surface area contributed by atoms with E-state index in [1.165, 1.54) is 70.9 Å². The van der Waals surface area contributed by atoms with Gasteiger partial charge >= 0.3 is 18.0 Å². The Labute approximate surface area is 256 Å². The molecule has 0 aliphatic heterocycles. The van der Waals surface area contributed by atoms with Gasteiger partial charge in [0, 0.05) is 17.9 Å². The molecule has 0 rings (SSSR count). The Bertz CT molecular complexity index is 845. The van der Waals surface area contributed by atoms with E-state index in [2.05, 4.69) is 39.8 Å². The molecular formula is C30H53N3O8S. The first-order chi connectivity index (χ1) is 19.9. The van der Waals surface area contributed by atoms with Crippen molar-refractivity contribution in [3.8, 4) is 0 Å². The smallest absolute Gasteiger partial charge is 0.408 e. The Kier molecular flexibility index (Phi) is 22.2. The number of nitrogens with one attached hydrogen (secondary N) is 3. The summed E-state index contributed by atoms with van der Waals surface area (Å²) in [5.74, 6) is -1.43. The molecule has 0 saturated carbocycles. The van der Waals surface area contributed by atoms with Gasteiger partial charge in [0.2, 0.25) is 11.8 Å². The number of methoxy groups -OCH3 is 2. The fourth-order valence-corrected chi connectivity index (χ4v) is 4.64. The second-order valence-electron chi connectivity index (χ2n) is 10.9. The van der Waals surface area contributed by atoms with Crippen LogP contribution in [-0.2, 0) is 33.4 Å². The molecule has 0 fully saturated rings. The number of alkyl carbamates (subject to hydrolysis) is 1. The molecule has 2 unspecified atom stereocenters. The Balaban J connectivity index is 4.80. The lowest BCUT2D eigenvalue weighted by Crippen LogP contribution is -2.50. The van der Waals surface area contributed by atoms with E-state index in [1.54, 1.807) is 20.8 Å². The van der Waals surface area contributed by atoms with Crippen molar-refractivity contribution >= 4 is 41.6 Å². The molecule has 2 atom stereocenters. The van der Waals surface area contributed by atoms with Crippen LogP contribution < -0.4 is 16.0 Å². The van der Waals surface area contributed by atoms with Gasteiger partial charge in [-0.3, -0.25) is 14.4 Å². The normalized spacial score (nSPS) is 12.7. The van der Waals surface area contributed by atoms with Gasteiger partial charge in [-0.05, 0) is 40.0 Å². The molecule has 0 heterocycles. The van der Waals surface area contributed by atoms with Crippen LogP contribution in [0.2, 0.25) is 0 Å². The maximum atomic E-state index is 12.7. The van der Waals surface area contributed by atoms with Crippen molar-refractivity contribution in [3.05, 3.63) is 12.2 Å². The fourth-order valence-electron chi connectivity index (χ4n) is 3.76. The number of ether oxygens (including phenoxy) is 3. The molecule has 242 valence electrons. The van der Waals surface area contributed by atoms with Crippen molar-refractivity contribution in [1.29, 1.82) is 0 Å². The van der Waals surface area contributed by atoms with Crippen LogP contribution in [0.3, 0.4) is 0 Å². The third-order valence-electron chi connectivity index (χ3n) is 6.01. The van der Waals surface area contributed by atoms with Gasteiger partial charge in [-0.2, -0.15) is 11.8 Å². The van der Waals surface area contributed by atoms with E-state index in [9.17, 15) is 24.0 Å². The van der Waals surface area contributed by atoms with Crippen LogP contribution in [0.4, 0.5) is 4.79 Å². The number of carbonyl (C=O) groups is 5. The zero-order valence-electron chi connectivity index (χ0n) is 26.4. The number of hydrogen-bond acceptors (Lipinski definition) is 9. The van der Waals surface area contributed by atoms with Crippen molar-refractivity contribution in [1.82, 2.24) is 16.0 Å². The number of amides is 3. The van der Waals surface area contributed by atoms with Gasteiger partial charge in [0.05, 0.1) is 14.2 Å². The first kappa shape index (κ1) is 39.2. The fraction of sp³-hybridized carbons (Fsp3) is 0.767. The number of unbranched alkanes of at least 4 members (excludes halogenated alkanes) is 8. The van der Waals surface area contributed by atoms with Gasteiger partial charge in [0.15, 0.2) is 0 Å². The van der Waals surface area contributed by atoms with Crippen LogP contribution in [0.15, 0.2) is 12.2 Å². The van der Waals surface area contributed by atoms with Crippen molar-refractivity contribution in [2.45, 2.75) is 116 Å². The van der Waals surface area contributed by atoms with Crippen LogP contribution in [0.25, 0.3) is 0 Å². The zero-order valence-corrected chi connectivity index (χ0v) is 27.2. The molecule has 3 amide bonds. The Hall–Kier alpha value is -2.76. The predicted octanol–water partition coefficient (Wildman–Crippen LogP) is 4.43. The molecule has 0 spiro atoms. The molecule has 0 radical (unpaired) electrons. The number of hydrogen-bond donors (Lipinski definition) is 3. The minimum absolute atomic E-state index is 0.0666. The Morgan fingerprint density at radius 2 is 1.48 bits per heavy atom. The van der Waals surface area contributed by atoms with Crippen LogP contribution in [0, 0.1) is 0 Å². The topological polar surface area (TPSA) is 149 Å². The highest BCUT2D eigenvalue weighted by Gasteiger charge is 2.27. The average Bonchev–Trinajstić information content (AvgIpc) is 2.93. The molecule has 0 bridgehead atoms. The third-order valence-corrected chi connectivity index (χ3v) is 7.01. The monoisotopic (exact) mass is 615 g/mol. The number of allylic oxidation sites excluding steroid dienone is 1. The number of esters is 2. The molecule has 0 aliphatic carbocycles. The lowest BCUT2D eigenvalue weighted by molar-refractivity contribution is -0.143. The standard InChI is InChI=1S/C30H53N3O8S/c1-7-8-9-10-11-12-13-14-15-16-17-20-42-22-24(27(36)31-21-26(35)39-5)32-25(34)19-18-23(28(37)40-6)33-29(38)41-30(2,3)4/h16-17,23-24H,7-15,18-22H2,1-6H3,(H,31,36)(H,32,34)(H,33,38)/b17-16+. The summed E-state index contributed by atoms with van der Waals surface area (Å²) in [5.41, 5.74) is -0.771. The van der Waals surface area contributed by atoms with Crippen molar-refractivity contribution in [3.63, 3.8) is 0 Å². The summed E-state index contributed by atoms with van der Waals surface area (Å²) in [4.78, 5) is 61.1. The summed E-state index contributed by atoms with van der Waals surface area (Å²) in [5, 5.41) is 7.55. The minimum Gasteiger partial charge on any atom is -0.468 e. The largest absolute Gasteiger partial charge is 0.468 e. The highest BCUT2D eigenvalue weighted by Crippen LogP contribution is 2.11. The predicted molar refractivity (Wildman–Crippen MR) is 165 cm³/mol. The summed E-state index contributed by atoms with van der Waals surface area (Å²) in [6, 6.07) is -2.02. The molecule has 3 N–H and O–H groups in total. The second kappa shape index (κ2) is 23.8. The highest BCUT2D eigenvalue weighted by molar-refractivity contribution is 7.99. The molecule has 0 aromatic rings. The maximum Gasteiger partial charge on any atom is 0.408 e. The molecule has 0 aromatic heterocycles. The van der Waals surface area contributed by atoms with Gasteiger partial charge < -0.3 is 30.2 Å². The van der Waals surface area contributed by atoms with Crippen LogP contribution >= 0.6 is 11.8 Å². The summed E-state index contributed by atoms with van der Waals surface area (Å²) in [6.07, 6.45) is 14.3. The van der Waals surface area contributed by atoms with E-state index < -0.39 is 47.5 Å². The quantitative estimate of drug-likeness (QED) is 0.0696. The molecule has 0 aromatic carbocycles. The molecule has 0 saturated heterocycles. The van der Waals surface area contributed by atoms with Crippen molar-refractivity contribution in [2.75, 3.05) is 32.3 Å². The van der Waals surface area contributed by atoms with E-state index >= 15 is 0 Å². The summed E-state index contributed by atoms with van der Waals surface area (Å²) in [7, 11) is 2.39. The van der Waals surface area contributed by atoms with Gasteiger partial charge in [-0.1, -0.05) is 64.0 Å². The number of thioether (sulfide) groups is 1. The molecule has 42 heavy (non-hydrogen) atoms. The molecule has 11 nitrogen and oxygen atoms in total. The Morgan fingerprint density at radius 1 is 0.833 bits per heavy atom. The van der Waals surface area contributed by atoms with E-state index in [-0.39, 0.29) is 25.1 Å². The lowest BCUT2D eigenvalue weighted by atomic mass is 10.1. The summed E-state index contributed by atoms with van der Waals surface area (Å²) >= 11 is 1.47. The van der Waals surface area contributed by atoms with Gasteiger partial charge in [0.1, 0.15) is 24.2 Å². The summed E-state index contributed by atoms with van der Waals surface area (Å²) < 4.78 is 14.5. The van der Waals surface area contributed by atoms with E-state index in [0.717, 1.165) is 12.8 Å².